The van der Waals surface area contributed by atoms with E-state index in [0.717, 1.165) is 5.56 Å². The SMILES string of the molecule is O=C1NC/C(=C/C2CCCCC2)c2ccoc21. The Morgan fingerprint density at radius 3 is 2.94 bits per heavy atom. The number of allylic oxidation sites excluding steroid dienone is 1. The van der Waals surface area contributed by atoms with Crippen molar-refractivity contribution in [3.8, 4) is 0 Å². The molecule has 0 spiro atoms. The van der Waals surface area contributed by atoms with Gasteiger partial charge in [0.25, 0.3) is 5.91 Å². The molecule has 1 aliphatic carbocycles. The van der Waals surface area contributed by atoms with Gasteiger partial charge in [0.2, 0.25) is 0 Å². The van der Waals surface area contributed by atoms with Crippen LogP contribution in [0.4, 0.5) is 0 Å². The Bertz CT molecular complexity index is 453. The maximum atomic E-state index is 11.6. The van der Waals surface area contributed by atoms with Crippen LogP contribution < -0.4 is 5.32 Å². The fourth-order valence-corrected chi connectivity index (χ4v) is 2.82. The lowest BCUT2D eigenvalue weighted by atomic mass is 9.86. The second kappa shape index (κ2) is 4.40. The summed E-state index contributed by atoms with van der Waals surface area (Å²) in [6.07, 6.45) is 10.5. The number of fused-ring (bicyclic) bond motifs is 1. The molecule has 1 amide bonds. The Kier molecular flexibility index (Phi) is 2.75. The Balaban J connectivity index is 1.87. The van der Waals surface area contributed by atoms with Crippen molar-refractivity contribution in [1.82, 2.24) is 5.32 Å². The highest BCUT2D eigenvalue weighted by Gasteiger charge is 2.24. The molecule has 17 heavy (non-hydrogen) atoms. The summed E-state index contributed by atoms with van der Waals surface area (Å²) in [6.45, 7) is 0.641. The molecule has 0 aromatic carbocycles. The molecule has 3 heteroatoms. The summed E-state index contributed by atoms with van der Waals surface area (Å²) >= 11 is 0. The van der Waals surface area contributed by atoms with Crippen LogP contribution in [0.5, 0.6) is 0 Å². The van der Waals surface area contributed by atoms with Gasteiger partial charge in [-0.15, -0.1) is 0 Å². The Morgan fingerprint density at radius 1 is 1.29 bits per heavy atom. The van der Waals surface area contributed by atoms with Crippen molar-refractivity contribution in [3.63, 3.8) is 0 Å². The highest BCUT2D eigenvalue weighted by Crippen LogP contribution is 2.30. The predicted molar refractivity (Wildman–Crippen MR) is 65.6 cm³/mol. The molecule has 0 radical (unpaired) electrons. The smallest absolute Gasteiger partial charge is 0.287 e. The van der Waals surface area contributed by atoms with Crippen LogP contribution in [0.2, 0.25) is 0 Å². The van der Waals surface area contributed by atoms with Crippen molar-refractivity contribution in [3.05, 3.63) is 29.7 Å². The van der Waals surface area contributed by atoms with Crippen molar-refractivity contribution in [2.45, 2.75) is 32.1 Å². The molecular weight excluding hydrogens is 214 g/mol. The number of nitrogens with one attached hydrogen (secondary N) is 1. The van der Waals surface area contributed by atoms with E-state index < -0.39 is 0 Å². The first kappa shape index (κ1) is 10.6. The van der Waals surface area contributed by atoms with Crippen molar-refractivity contribution in [1.29, 1.82) is 0 Å². The van der Waals surface area contributed by atoms with Gasteiger partial charge in [0.1, 0.15) is 0 Å². The molecule has 1 aliphatic heterocycles. The van der Waals surface area contributed by atoms with Crippen LogP contribution in [0.3, 0.4) is 0 Å². The lowest BCUT2D eigenvalue weighted by Gasteiger charge is -2.21. The van der Waals surface area contributed by atoms with Crippen LogP contribution in [0.15, 0.2) is 22.8 Å². The molecule has 2 heterocycles. The zero-order valence-corrected chi connectivity index (χ0v) is 9.87. The fraction of sp³-hybridized carbons (Fsp3) is 0.500. The lowest BCUT2D eigenvalue weighted by molar-refractivity contribution is 0.0926. The summed E-state index contributed by atoms with van der Waals surface area (Å²) in [6, 6.07) is 1.91. The molecular formula is C14H17NO2. The third-order valence-electron chi connectivity index (χ3n) is 3.74. The summed E-state index contributed by atoms with van der Waals surface area (Å²) in [4.78, 5) is 11.6. The Morgan fingerprint density at radius 2 is 2.12 bits per heavy atom. The van der Waals surface area contributed by atoms with Crippen molar-refractivity contribution in [2.24, 2.45) is 5.92 Å². The van der Waals surface area contributed by atoms with Gasteiger partial charge in [-0.05, 0) is 30.4 Å². The summed E-state index contributed by atoms with van der Waals surface area (Å²) in [5.41, 5.74) is 2.21. The van der Waals surface area contributed by atoms with Crippen LogP contribution in [0.1, 0.15) is 48.2 Å². The van der Waals surface area contributed by atoms with Gasteiger partial charge in [-0.2, -0.15) is 0 Å². The van der Waals surface area contributed by atoms with Crippen LogP contribution in [-0.2, 0) is 0 Å². The van der Waals surface area contributed by atoms with E-state index in [9.17, 15) is 4.79 Å². The fourth-order valence-electron chi connectivity index (χ4n) is 2.82. The maximum absolute atomic E-state index is 11.6. The van der Waals surface area contributed by atoms with Crippen molar-refractivity contribution >= 4 is 11.5 Å². The Hall–Kier alpha value is -1.51. The maximum Gasteiger partial charge on any atom is 0.287 e. The minimum absolute atomic E-state index is 0.0919. The second-order valence-electron chi connectivity index (χ2n) is 4.94. The van der Waals surface area contributed by atoms with Gasteiger partial charge in [0.15, 0.2) is 5.76 Å². The van der Waals surface area contributed by atoms with Crippen molar-refractivity contribution < 1.29 is 9.21 Å². The van der Waals surface area contributed by atoms with E-state index in [0.29, 0.717) is 18.2 Å². The first-order valence-electron chi connectivity index (χ1n) is 6.41. The number of carbonyl (C=O) groups excluding carboxylic acids is 1. The van der Waals surface area contributed by atoms with Crippen LogP contribution in [0.25, 0.3) is 5.57 Å². The van der Waals surface area contributed by atoms with Crippen LogP contribution in [-0.4, -0.2) is 12.5 Å². The van der Waals surface area contributed by atoms with Gasteiger partial charge in [-0.3, -0.25) is 4.79 Å². The number of hydrogen-bond acceptors (Lipinski definition) is 2. The quantitative estimate of drug-likeness (QED) is 0.807. The molecule has 0 saturated heterocycles. The zero-order chi connectivity index (χ0) is 11.7. The minimum atomic E-state index is -0.0919. The molecule has 2 aliphatic rings. The van der Waals surface area contributed by atoms with Gasteiger partial charge in [-0.1, -0.05) is 25.3 Å². The van der Waals surface area contributed by atoms with Crippen molar-refractivity contribution in [2.75, 3.05) is 6.54 Å². The van der Waals surface area contributed by atoms with E-state index in [1.807, 2.05) is 6.07 Å². The molecule has 0 unspecified atom stereocenters. The number of hydrogen-bond donors (Lipinski definition) is 1. The minimum Gasteiger partial charge on any atom is -0.459 e. The first-order valence-corrected chi connectivity index (χ1v) is 6.41. The van der Waals surface area contributed by atoms with Gasteiger partial charge in [0, 0.05) is 12.1 Å². The summed E-state index contributed by atoms with van der Waals surface area (Å²) in [5, 5.41) is 2.86. The monoisotopic (exact) mass is 231 g/mol. The number of amides is 1. The summed E-state index contributed by atoms with van der Waals surface area (Å²) in [5.74, 6) is 1.06. The molecule has 0 bridgehead atoms. The van der Waals surface area contributed by atoms with Gasteiger partial charge < -0.3 is 9.73 Å². The first-order chi connectivity index (χ1) is 8.34. The second-order valence-corrected chi connectivity index (χ2v) is 4.94. The molecule has 0 atom stereocenters. The van der Waals surface area contributed by atoms with Gasteiger partial charge in [-0.25, -0.2) is 0 Å². The van der Waals surface area contributed by atoms with E-state index in [1.54, 1.807) is 6.26 Å². The molecule has 90 valence electrons. The van der Waals surface area contributed by atoms with E-state index in [2.05, 4.69) is 11.4 Å². The predicted octanol–water partition coefficient (Wildman–Crippen LogP) is 2.99. The van der Waals surface area contributed by atoms with E-state index in [1.165, 1.54) is 37.7 Å². The lowest BCUT2D eigenvalue weighted by Crippen LogP contribution is -2.30. The molecule has 3 rings (SSSR count). The Labute approximate surface area is 101 Å². The number of carbonyl (C=O) groups is 1. The van der Waals surface area contributed by atoms with Crippen LogP contribution in [0, 0.1) is 5.92 Å². The molecule has 1 fully saturated rings. The molecule has 1 aromatic rings. The largest absolute Gasteiger partial charge is 0.459 e. The van der Waals surface area contributed by atoms with E-state index in [4.69, 9.17) is 4.42 Å². The van der Waals surface area contributed by atoms with E-state index in [-0.39, 0.29) is 5.91 Å². The molecule has 1 saturated carbocycles. The van der Waals surface area contributed by atoms with Gasteiger partial charge >= 0.3 is 0 Å². The van der Waals surface area contributed by atoms with Crippen LogP contribution >= 0.6 is 0 Å². The topological polar surface area (TPSA) is 42.2 Å². The number of rotatable bonds is 1. The molecule has 3 nitrogen and oxygen atoms in total. The highest BCUT2D eigenvalue weighted by molar-refractivity contribution is 6.00. The zero-order valence-electron chi connectivity index (χ0n) is 9.87. The van der Waals surface area contributed by atoms with Gasteiger partial charge in [0.05, 0.1) is 6.26 Å². The molecule has 1 N–H and O–H groups in total. The average Bonchev–Trinajstić information content (AvgIpc) is 2.84. The van der Waals surface area contributed by atoms with E-state index >= 15 is 0 Å². The molecule has 1 aromatic heterocycles. The summed E-state index contributed by atoms with van der Waals surface area (Å²) in [7, 11) is 0. The number of furan rings is 1. The summed E-state index contributed by atoms with van der Waals surface area (Å²) < 4.78 is 5.23. The third kappa shape index (κ3) is 2.02. The standard InChI is InChI=1S/C14H17NO2/c16-14-13-12(6-7-17-13)11(9-15-14)8-10-4-2-1-3-5-10/h6-8,10H,1-5,9H2,(H,15,16)/b11-8-. The normalized spacial score (nSPS) is 23.5. The average molecular weight is 231 g/mol. The highest BCUT2D eigenvalue weighted by atomic mass is 16.3. The third-order valence-corrected chi connectivity index (χ3v) is 3.74.